The van der Waals surface area contributed by atoms with E-state index in [9.17, 15) is 19.5 Å². The van der Waals surface area contributed by atoms with Crippen LogP contribution in [0.15, 0.2) is 158 Å². The number of esters is 2. The second-order valence-corrected chi connectivity index (χ2v) is 25.2. The molecule has 0 fully saturated rings. The minimum Gasteiger partial charge on any atom is -0.477 e. The van der Waals surface area contributed by atoms with Crippen LogP contribution in [-0.2, 0) is 33.3 Å². The van der Waals surface area contributed by atoms with Crippen LogP contribution in [0.5, 0.6) is 0 Å². The smallest absolute Gasteiger partial charge is 0.361 e. The number of carboxylic acid groups (broad SMARTS) is 1. The maximum absolute atomic E-state index is 13.0. The number of ether oxygens (including phenoxy) is 4. The van der Waals surface area contributed by atoms with Crippen LogP contribution in [-0.4, -0.2) is 87.4 Å². The number of allylic oxidation sites excluding steroid dienone is 26. The molecule has 0 saturated carbocycles. The maximum atomic E-state index is 13.0. The molecule has 2 atom stereocenters. The summed E-state index contributed by atoms with van der Waals surface area (Å²) in [6.45, 7) is 4.74. The van der Waals surface area contributed by atoms with Crippen molar-refractivity contribution in [3.05, 3.63) is 158 Å². The highest BCUT2D eigenvalue weighted by Gasteiger charge is 2.25. The van der Waals surface area contributed by atoms with E-state index >= 15 is 0 Å². The molecule has 0 aromatic rings. The third-order valence-electron chi connectivity index (χ3n) is 15.3. The lowest BCUT2D eigenvalue weighted by Crippen LogP contribution is -2.40. The molecule has 0 heterocycles. The van der Waals surface area contributed by atoms with E-state index in [1.54, 1.807) is 0 Å². The lowest BCUT2D eigenvalue weighted by atomic mass is 10.0. The Labute approximate surface area is 559 Å². The summed E-state index contributed by atoms with van der Waals surface area (Å²) in [5, 5.41) is 9.75. The summed E-state index contributed by atoms with van der Waals surface area (Å²) in [5.74, 6) is -2.02. The first-order valence-corrected chi connectivity index (χ1v) is 36.6. The molecule has 9 nitrogen and oxygen atoms in total. The minimum atomic E-state index is -1.52. The molecule has 0 spiro atoms. The number of carbonyl (C=O) groups excluding carboxylic acids is 2. The van der Waals surface area contributed by atoms with E-state index in [4.69, 9.17) is 18.9 Å². The van der Waals surface area contributed by atoms with Gasteiger partial charge in [-0.1, -0.05) is 300 Å². The molecule has 0 bridgehead atoms. The van der Waals surface area contributed by atoms with Gasteiger partial charge < -0.3 is 28.5 Å². The van der Waals surface area contributed by atoms with Gasteiger partial charge >= 0.3 is 17.9 Å². The second kappa shape index (κ2) is 70.8. The number of rotatable bonds is 66. The van der Waals surface area contributed by atoms with Crippen LogP contribution in [0, 0.1) is 0 Å². The van der Waals surface area contributed by atoms with E-state index in [2.05, 4.69) is 172 Å². The van der Waals surface area contributed by atoms with E-state index in [1.165, 1.54) is 128 Å². The van der Waals surface area contributed by atoms with Gasteiger partial charge in [0.15, 0.2) is 6.10 Å². The molecular weight excluding hydrogens is 1130 g/mol. The fourth-order valence-corrected chi connectivity index (χ4v) is 9.70. The fourth-order valence-electron chi connectivity index (χ4n) is 9.70. The van der Waals surface area contributed by atoms with E-state index in [0.717, 1.165) is 122 Å². The summed E-state index contributed by atoms with van der Waals surface area (Å²) in [6, 6.07) is 0. The van der Waals surface area contributed by atoms with E-state index < -0.39 is 24.3 Å². The normalized spacial score (nSPS) is 13.6. The topological polar surface area (TPSA) is 108 Å². The quantitative estimate of drug-likeness (QED) is 0.0211. The van der Waals surface area contributed by atoms with Crippen molar-refractivity contribution < 1.29 is 42.9 Å². The predicted octanol–water partition coefficient (Wildman–Crippen LogP) is 23.2. The minimum absolute atomic E-state index is 0.179. The summed E-state index contributed by atoms with van der Waals surface area (Å²) in [5.41, 5.74) is 0. The van der Waals surface area contributed by atoms with Crippen LogP contribution in [0.25, 0.3) is 0 Å². The summed E-state index contributed by atoms with van der Waals surface area (Å²) in [6.07, 6.45) is 102. The largest absolute Gasteiger partial charge is 0.477 e. The Hall–Kier alpha value is -5.09. The van der Waals surface area contributed by atoms with Crippen molar-refractivity contribution in [1.29, 1.82) is 0 Å². The zero-order chi connectivity index (χ0) is 66.1. The number of likely N-dealkylation sites (N-methyl/N-ethyl adjacent to an activating group) is 1. The van der Waals surface area contributed by atoms with Crippen LogP contribution in [0.3, 0.4) is 0 Å². The van der Waals surface area contributed by atoms with Crippen molar-refractivity contribution in [2.45, 2.75) is 296 Å². The first kappa shape index (κ1) is 85.9. The maximum Gasteiger partial charge on any atom is 0.361 e. The Morgan fingerprint density at radius 3 is 0.934 bits per heavy atom. The Morgan fingerprint density at radius 1 is 0.341 bits per heavy atom. The van der Waals surface area contributed by atoms with Crippen LogP contribution >= 0.6 is 0 Å². The molecule has 0 amide bonds. The Kier molecular flexibility index (Phi) is 66.8. The number of hydrogen-bond donors (Lipinski definition) is 1. The van der Waals surface area contributed by atoms with E-state index in [-0.39, 0.29) is 38.6 Å². The molecule has 0 radical (unpaired) electrons. The van der Waals surface area contributed by atoms with E-state index in [0.29, 0.717) is 17.4 Å². The summed E-state index contributed by atoms with van der Waals surface area (Å²) >= 11 is 0. The molecule has 0 aromatic carbocycles. The predicted molar refractivity (Wildman–Crippen MR) is 391 cm³/mol. The van der Waals surface area contributed by atoms with Gasteiger partial charge in [0.2, 0.25) is 0 Å². The number of nitrogens with zero attached hydrogens (tertiary/aromatic N) is 1. The van der Waals surface area contributed by atoms with Crippen molar-refractivity contribution in [3.63, 3.8) is 0 Å². The molecule has 0 aromatic heterocycles. The Balaban J connectivity index is 4.16. The molecule has 0 saturated heterocycles. The van der Waals surface area contributed by atoms with Gasteiger partial charge in [-0.2, -0.15) is 0 Å². The number of carboxylic acids is 1. The van der Waals surface area contributed by atoms with Crippen molar-refractivity contribution in [3.8, 4) is 0 Å². The molecule has 2 unspecified atom stereocenters. The van der Waals surface area contributed by atoms with Crippen LogP contribution in [0.1, 0.15) is 284 Å². The average molecular weight is 1260 g/mol. The highest BCUT2D eigenvalue weighted by Crippen LogP contribution is 2.16. The number of quaternary nitrogens is 1. The molecule has 91 heavy (non-hydrogen) atoms. The van der Waals surface area contributed by atoms with Gasteiger partial charge in [0.05, 0.1) is 34.4 Å². The average Bonchev–Trinajstić information content (AvgIpc) is 3.53. The monoisotopic (exact) mass is 1260 g/mol. The summed E-state index contributed by atoms with van der Waals surface area (Å²) in [7, 11) is 5.97. The fraction of sp³-hybridized carbons (Fsp3) is 0.646. The van der Waals surface area contributed by atoms with Gasteiger partial charge in [-0.3, -0.25) is 9.59 Å². The van der Waals surface area contributed by atoms with Gasteiger partial charge in [0.1, 0.15) is 13.2 Å². The van der Waals surface area contributed by atoms with Crippen molar-refractivity contribution in [2.75, 3.05) is 47.5 Å². The molecule has 1 N–H and O–H groups in total. The van der Waals surface area contributed by atoms with Crippen LogP contribution in [0.2, 0.25) is 0 Å². The zero-order valence-electron chi connectivity index (χ0n) is 58.9. The van der Waals surface area contributed by atoms with Gasteiger partial charge in [-0.25, -0.2) is 4.79 Å². The second-order valence-electron chi connectivity index (χ2n) is 25.2. The zero-order valence-corrected chi connectivity index (χ0v) is 58.9. The first-order chi connectivity index (χ1) is 44.6. The lowest BCUT2D eigenvalue weighted by molar-refractivity contribution is -0.870. The summed E-state index contributed by atoms with van der Waals surface area (Å²) in [4.78, 5) is 37.7. The van der Waals surface area contributed by atoms with Crippen LogP contribution < -0.4 is 0 Å². The number of aliphatic carboxylic acids is 1. The van der Waals surface area contributed by atoms with Gasteiger partial charge in [-0.05, 0) is 128 Å². The molecule has 0 aliphatic carbocycles. The molecule has 0 aliphatic heterocycles. The number of hydrogen-bond acceptors (Lipinski definition) is 7. The lowest BCUT2D eigenvalue weighted by Gasteiger charge is -2.25. The van der Waals surface area contributed by atoms with E-state index in [1.807, 2.05) is 21.1 Å². The molecule has 0 aliphatic rings. The Morgan fingerprint density at radius 2 is 0.626 bits per heavy atom. The van der Waals surface area contributed by atoms with Gasteiger partial charge in [0, 0.05) is 12.8 Å². The third kappa shape index (κ3) is 72.2. The molecule has 0 rings (SSSR count). The molecule has 516 valence electrons. The Bertz CT molecular complexity index is 2060. The van der Waals surface area contributed by atoms with Gasteiger partial charge in [0.25, 0.3) is 6.29 Å². The third-order valence-corrected chi connectivity index (χ3v) is 15.3. The number of unbranched alkanes of at least 4 members (excludes halogenated alkanes) is 25. The number of carbonyl (C=O) groups is 3. The molecule has 9 heteroatoms. The molecular formula is C82H136NO8+. The SMILES string of the molecule is CC/C=C\C/C=C\C/C=C\C/C=C\C/C=C\C/C=C\C/C=C\C/C=C\C/C=C\C/C=C\CCCCCCCCCCCCC(=O)OC(COC(=O)CCCCCCCCCCCC/C=C\C/C=C\C/C=C\CCCCCCC)COC(OCC[N+](C)(C)C)C(=O)O. The van der Waals surface area contributed by atoms with Gasteiger partial charge in [-0.15, -0.1) is 0 Å². The van der Waals surface area contributed by atoms with Crippen molar-refractivity contribution in [2.24, 2.45) is 0 Å². The van der Waals surface area contributed by atoms with Crippen molar-refractivity contribution >= 4 is 17.9 Å². The standard InChI is InChI=1S/C82H135NO8/c1-6-8-10-12-14-16-18-20-22-24-26-28-30-32-33-34-35-36-37-38-39-40-41-42-43-44-45-46-47-49-51-53-55-57-59-61-63-65-67-69-71-73-80(85)91-78(77-90-82(81(86)87)88-75-74-83(3,4)5)76-89-79(84)72-70-68-66-64-62-60-58-56-54-52-50-48-31-29-27-25-23-21-19-17-15-13-11-9-7-2/h8,10,14,16,19-22,25-28,31-33,35-36,38-39,41-42,44-45,47-49,78,82H,6-7,9,11-13,15,17-18,23-24,29-30,34,37,40,43,46,50-77H2,1-5H3/p+1/b10-8-,16-14-,21-19-,22-20-,27-25-,28-26-,33-32-,36-35-,39-38-,42-41-,45-44-,48-31-,49-47-. The van der Waals surface area contributed by atoms with Crippen molar-refractivity contribution in [1.82, 2.24) is 0 Å². The summed E-state index contributed by atoms with van der Waals surface area (Å²) < 4.78 is 23.0. The van der Waals surface area contributed by atoms with Crippen LogP contribution in [0.4, 0.5) is 0 Å². The highest BCUT2D eigenvalue weighted by atomic mass is 16.7. The first-order valence-electron chi connectivity index (χ1n) is 36.6. The highest BCUT2D eigenvalue weighted by molar-refractivity contribution is 5.71.